The first-order valence-corrected chi connectivity index (χ1v) is 7.47. The van der Waals surface area contributed by atoms with E-state index in [1.54, 1.807) is 0 Å². The summed E-state index contributed by atoms with van der Waals surface area (Å²) in [5.41, 5.74) is -0.477. The van der Waals surface area contributed by atoms with Crippen molar-refractivity contribution in [2.45, 2.75) is 23.8 Å². The molecule has 1 aliphatic rings. The van der Waals surface area contributed by atoms with Crippen molar-refractivity contribution in [1.29, 1.82) is 0 Å². The molecule has 8 heteroatoms. The van der Waals surface area contributed by atoms with E-state index in [1.165, 1.54) is 0 Å². The number of nitrogens with zero attached hydrogens (tertiary/aromatic N) is 1. The van der Waals surface area contributed by atoms with Gasteiger partial charge in [0, 0.05) is 12.6 Å². The Kier molecular flexibility index (Phi) is 4.07. The molecule has 0 saturated heterocycles. The smallest absolute Gasteiger partial charge is 0.337 e. The lowest BCUT2D eigenvalue weighted by molar-refractivity contribution is 0.0692. The number of aliphatic hydroxyl groups excluding tert-OH is 1. The predicted octanol–water partition coefficient (Wildman–Crippen LogP) is 0.669. The number of aliphatic hydroxyl groups is 1. The van der Waals surface area contributed by atoms with Gasteiger partial charge in [0.2, 0.25) is 10.0 Å². The van der Waals surface area contributed by atoms with Gasteiger partial charge < -0.3 is 10.2 Å². The molecule has 0 unspecified atom stereocenters. The molecule has 0 heterocycles. The summed E-state index contributed by atoms with van der Waals surface area (Å²) < 4.78 is 39.2. The largest absolute Gasteiger partial charge is 0.478 e. The number of halogens is 1. The summed E-state index contributed by atoms with van der Waals surface area (Å²) in [6.45, 7) is -0.518. The molecular weight excluding hydrogens is 289 g/mol. The van der Waals surface area contributed by atoms with Gasteiger partial charge in [0.1, 0.15) is 5.82 Å². The third-order valence-electron chi connectivity index (χ3n) is 3.04. The van der Waals surface area contributed by atoms with Crippen LogP contribution in [-0.4, -0.2) is 48.1 Å². The Morgan fingerprint density at radius 3 is 2.55 bits per heavy atom. The highest BCUT2D eigenvalue weighted by atomic mass is 32.2. The van der Waals surface area contributed by atoms with Crippen molar-refractivity contribution in [2.75, 3.05) is 13.2 Å². The van der Waals surface area contributed by atoms with Crippen LogP contribution in [0.25, 0.3) is 0 Å². The molecule has 1 aromatic rings. The molecule has 0 aliphatic heterocycles. The Morgan fingerprint density at radius 2 is 2.05 bits per heavy atom. The molecule has 0 spiro atoms. The minimum Gasteiger partial charge on any atom is -0.478 e. The first kappa shape index (κ1) is 14.9. The van der Waals surface area contributed by atoms with Gasteiger partial charge in [0.15, 0.2) is 0 Å². The summed E-state index contributed by atoms with van der Waals surface area (Å²) in [5, 5.41) is 18.0. The molecule has 110 valence electrons. The van der Waals surface area contributed by atoms with E-state index in [1.807, 2.05) is 0 Å². The van der Waals surface area contributed by atoms with Crippen molar-refractivity contribution >= 4 is 16.0 Å². The maximum Gasteiger partial charge on any atom is 0.337 e. The zero-order chi connectivity index (χ0) is 14.9. The highest BCUT2D eigenvalue weighted by molar-refractivity contribution is 7.89. The molecule has 6 nitrogen and oxygen atoms in total. The topological polar surface area (TPSA) is 94.9 Å². The second kappa shape index (κ2) is 5.47. The molecular formula is C12H14FNO5S. The Bertz CT molecular complexity index is 627. The molecule has 1 aliphatic carbocycles. The highest BCUT2D eigenvalue weighted by Crippen LogP contribution is 2.33. The second-order valence-corrected chi connectivity index (χ2v) is 6.38. The summed E-state index contributed by atoms with van der Waals surface area (Å²) in [6.07, 6.45) is 1.30. The molecule has 0 bridgehead atoms. The summed E-state index contributed by atoms with van der Waals surface area (Å²) in [7, 11) is -4.15. The molecule has 0 aromatic heterocycles. The van der Waals surface area contributed by atoms with Crippen LogP contribution in [-0.2, 0) is 10.0 Å². The monoisotopic (exact) mass is 303 g/mol. The predicted molar refractivity (Wildman–Crippen MR) is 67.4 cm³/mol. The van der Waals surface area contributed by atoms with Crippen LogP contribution in [0, 0.1) is 5.82 Å². The first-order chi connectivity index (χ1) is 9.37. The van der Waals surface area contributed by atoms with Crippen molar-refractivity contribution in [1.82, 2.24) is 4.31 Å². The van der Waals surface area contributed by atoms with Crippen LogP contribution in [0.15, 0.2) is 23.1 Å². The van der Waals surface area contributed by atoms with Crippen molar-refractivity contribution in [3.8, 4) is 0 Å². The van der Waals surface area contributed by atoms with Crippen LogP contribution in [0.4, 0.5) is 4.39 Å². The molecule has 1 saturated carbocycles. The summed E-state index contributed by atoms with van der Waals surface area (Å²) >= 11 is 0. The number of sulfonamides is 1. The number of hydrogen-bond donors (Lipinski definition) is 2. The third kappa shape index (κ3) is 2.82. The lowest BCUT2D eigenvalue weighted by atomic mass is 10.2. The average molecular weight is 303 g/mol. The Hall–Kier alpha value is -1.51. The van der Waals surface area contributed by atoms with Crippen LogP contribution >= 0.6 is 0 Å². The maximum absolute atomic E-state index is 13.3. The molecule has 2 N–H and O–H groups in total. The van der Waals surface area contributed by atoms with Crippen molar-refractivity contribution < 1.29 is 27.8 Å². The minimum absolute atomic E-state index is 0.136. The van der Waals surface area contributed by atoms with Gasteiger partial charge in [-0.15, -0.1) is 0 Å². The van der Waals surface area contributed by atoms with Crippen LogP contribution in [0.1, 0.15) is 23.2 Å². The molecule has 1 fully saturated rings. The van der Waals surface area contributed by atoms with Gasteiger partial charge in [0.05, 0.1) is 17.1 Å². The lowest BCUT2D eigenvalue weighted by Gasteiger charge is -2.21. The van der Waals surface area contributed by atoms with E-state index >= 15 is 0 Å². The summed E-state index contributed by atoms with van der Waals surface area (Å²) in [6, 6.07) is 2.27. The highest BCUT2D eigenvalue weighted by Gasteiger charge is 2.39. The fourth-order valence-corrected chi connectivity index (χ4v) is 3.85. The molecule has 0 atom stereocenters. The number of rotatable bonds is 6. The fourth-order valence-electron chi connectivity index (χ4n) is 1.97. The van der Waals surface area contributed by atoms with E-state index < -0.39 is 32.3 Å². The summed E-state index contributed by atoms with van der Waals surface area (Å²) in [5.74, 6) is -2.27. The molecule has 1 aromatic carbocycles. The lowest BCUT2D eigenvalue weighted by Crippen LogP contribution is -2.36. The van der Waals surface area contributed by atoms with Gasteiger partial charge in [0.25, 0.3) is 0 Å². The Balaban J connectivity index is 2.52. The zero-order valence-electron chi connectivity index (χ0n) is 10.5. The van der Waals surface area contributed by atoms with E-state index in [0.717, 1.165) is 16.4 Å². The number of carbonyl (C=O) groups is 1. The summed E-state index contributed by atoms with van der Waals surface area (Å²) in [4.78, 5) is 10.5. The van der Waals surface area contributed by atoms with Gasteiger partial charge in [-0.1, -0.05) is 0 Å². The maximum atomic E-state index is 13.3. The van der Waals surface area contributed by atoms with E-state index in [2.05, 4.69) is 0 Å². The zero-order valence-corrected chi connectivity index (χ0v) is 11.3. The van der Waals surface area contributed by atoms with Crippen LogP contribution < -0.4 is 0 Å². The van der Waals surface area contributed by atoms with Gasteiger partial charge in [-0.25, -0.2) is 17.6 Å². The quantitative estimate of drug-likeness (QED) is 0.805. The van der Waals surface area contributed by atoms with Crippen molar-refractivity contribution in [3.05, 3.63) is 29.6 Å². The molecule has 20 heavy (non-hydrogen) atoms. The van der Waals surface area contributed by atoms with Gasteiger partial charge in [-0.3, -0.25) is 0 Å². The third-order valence-corrected chi connectivity index (χ3v) is 5.03. The van der Waals surface area contributed by atoms with E-state index in [4.69, 9.17) is 10.2 Å². The standard InChI is InChI=1S/C12H14FNO5S/c13-8-1-4-10(12(16)17)11(7-8)20(18,19)14(5-6-15)9-2-3-9/h1,4,7,9,15H,2-3,5-6H2,(H,16,17). The second-order valence-electron chi connectivity index (χ2n) is 4.52. The Morgan fingerprint density at radius 1 is 1.40 bits per heavy atom. The van der Waals surface area contributed by atoms with Crippen molar-refractivity contribution in [2.24, 2.45) is 0 Å². The van der Waals surface area contributed by atoms with Gasteiger partial charge in [-0.2, -0.15) is 4.31 Å². The fraction of sp³-hybridized carbons (Fsp3) is 0.417. The normalized spacial score (nSPS) is 15.6. The first-order valence-electron chi connectivity index (χ1n) is 6.03. The number of aromatic carboxylic acids is 1. The number of carboxylic acids is 1. The minimum atomic E-state index is -4.15. The van der Waals surface area contributed by atoms with E-state index in [-0.39, 0.29) is 19.2 Å². The number of benzene rings is 1. The van der Waals surface area contributed by atoms with Crippen LogP contribution in [0.5, 0.6) is 0 Å². The molecule has 0 amide bonds. The number of hydrogen-bond acceptors (Lipinski definition) is 4. The van der Waals surface area contributed by atoms with Crippen LogP contribution in [0.2, 0.25) is 0 Å². The van der Waals surface area contributed by atoms with Crippen molar-refractivity contribution in [3.63, 3.8) is 0 Å². The molecule has 2 rings (SSSR count). The van der Waals surface area contributed by atoms with E-state index in [0.29, 0.717) is 18.9 Å². The van der Waals surface area contributed by atoms with Gasteiger partial charge in [-0.05, 0) is 31.0 Å². The van der Waals surface area contributed by atoms with Crippen LogP contribution in [0.3, 0.4) is 0 Å². The SMILES string of the molecule is O=C(O)c1ccc(F)cc1S(=O)(=O)N(CCO)C1CC1. The van der Waals surface area contributed by atoms with Gasteiger partial charge >= 0.3 is 5.97 Å². The molecule has 0 radical (unpaired) electrons. The average Bonchev–Trinajstić information content (AvgIpc) is 3.19. The van der Waals surface area contributed by atoms with E-state index in [9.17, 15) is 17.6 Å². The number of carboxylic acid groups (broad SMARTS) is 1. The Labute approximate surface area is 115 Å².